The lowest BCUT2D eigenvalue weighted by atomic mass is 10.1. The van der Waals surface area contributed by atoms with Gasteiger partial charge in [-0.3, -0.25) is 20.3 Å². The van der Waals surface area contributed by atoms with E-state index in [0.29, 0.717) is 12.3 Å². The van der Waals surface area contributed by atoms with Crippen molar-refractivity contribution in [3.8, 4) is 5.75 Å². The molecule has 0 atom stereocenters. The summed E-state index contributed by atoms with van der Waals surface area (Å²) in [4.78, 5) is 10.8. The number of nitro benzene ring substituents is 1. The molecule has 0 heterocycles. The Morgan fingerprint density at radius 3 is 2.39 bits per heavy atom. The predicted octanol–water partition coefficient (Wildman–Crippen LogP) is 6.03. The third-order valence-electron chi connectivity index (χ3n) is 5.40. The van der Waals surface area contributed by atoms with E-state index in [2.05, 4.69) is 22.2 Å². The van der Waals surface area contributed by atoms with E-state index in [1.807, 2.05) is 37.3 Å². The van der Waals surface area contributed by atoms with Gasteiger partial charge in [-0.25, -0.2) is 8.42 Å². The molecule has 0 radical (unpaired) electrons. The Morgan fingerprint density at radius 1 is 1.00 bits per heavy atom. The number of benzene rings is 3. The molecule has 9 nitrogen and oxygen atoms in total. The van der Waals surface area contributed by atoms with E-state index in [0.717, 1.165) is 47.8 Å². The molecule has 0 fully saturated rings. The van der Waals surface area contributed by atoms with Crippen molar-refractivity contribution in [1.82, 2.24) is 0 Å². The summed E-state index contributed by atoms with van der Waals surface area (Å²) in [5.41, 5.74) is 5.21. The van der Waals surface area contributed by atoms with Gasteiger partial charge in [0.15, 0.2) is 0 Å². The second-order valence-electron chi connectivity index (χ2n) is 8.35. The molecule has 3 aromatic rings. The Kier molecular flexibility index (Phi) is 9.02. The minimum atomic E-state index is -4.03. The number of unbranched alkanes of at least 4 members (excludes halogenated alkanes) is 2. The van der Waals surface area contributed by atoms with Crippen molar-refractivity contribution >= 4 is 33.3 Å². The van der Waals surface area contributed by atoms with Crippen LogP contribution in [0.25, 0.3) is 0 Å². The standard InChI is InChI=1S/C26H30N4O5S/c1-4-5-6-15-35-22-10-8-21(9-11-22)18-27-28-25-14-12-23(17-26(25)30(31)32)36(33,34)29-24-13-7-19(2)16-20(24)3/h7-14,16-18,28-29H,4-6,15H2,1-3H3. The second kappa shape index (κ2) is 12.2. The number of rotatable bonds is 12. The van der Waals surface area contributed by atoms with E-state index in [9.17, 15) is 18.5 Å². The molecule has 3 aromatic carbocycles. The lowest BCUT2D eigenvalue weighted by Crippen LogP contribution is -2.14. The molecule has 0 amide bonds. The van der Waals surface area contributed by atoms with Gasteiger partial charge in [0.25, 0.3) is 15.7 Å². The molecule has 0 aromatic heterocycles. The number of hydrogen-bond acceptors (Lipinski definition) is 7. The minimum Gasteiger partial charge on any atom is -0.494 e. The minimum absolute atomic E-state index is 0.0672. The van der Waals surface area contributed by atoms with Gasteiger partial charge in [-0.15, -0.1) is 0 Å². The SMILES string of the molecule is CCCCCOc1ccc(C=NNc2ccc(S(=O)(=O)Nc3ccc(C)cc3C)cc2[N+](=O)[O-])cc1. The molecular formula is C26H30N4O5S. The number of anilines is 2. The largest absolute Gasteiger partial charge is 0.494 e. The molecule has 0 saturated heterocycles. The van der Waals surface area contributed by atoms with E-state index < -0.39 is 20.6 Å². The van der Waals surface area contributed by atoms with Crippen LogP contribution in [0.5, 0.6) is 5.75 Å². The van der Waals surface area contributed by atoms with Gasteiger partial charge in [0.05, 0.1) is 28.3 Å². The van der Waals surface area contributed by atoms with Gasteiger partial charge in [0.2, 0.25) is 0 Å². The van der Waals surface area contributed by atoms with E-state index in [4.69, 9.17) is 4.74 Å². The van der Waals surface area contributed by atoms with Gasteiger partial charge < -0.3 is 4.74 Å². The molecule has 3 rings (SSSR count). The Bertz CT molecular complexity index is 1340. The number of nitrogens with one attached hydrogen (secondary N) is 2. The highest BCUT2D eigenvalue weighted by atomic mass is 32.2. The first-order valence-electron chi connectivity index (χ1n) is 11.6. The Balaban J connectivity index is 1.70. The third-order valence-corrected chi connectivity index (χ3v) is 6.76. The van der Waals surface area contributed by atoms with Crippen LogP contribution in [-0.4, -0.2) is 26.2 Å². The summed E-state index contributed by atoms with van der Waals surface area (Å²) < 4.78 is 33.9. The molecule has 0 spiro atoms. The molecular weight excluding hydrogens is 480 g/mol. The Hall–Kier alpha value is -3.92. The number of aryl methyl sites for hydroxylation is 2. The normalized spacial score (nSPS) is 11.4. The summed E-state index contributed by atoms with van der Waals surface area (Å²) in [5.74, 6) is 0.762. The first kappa shape index (κ1) is 26.7. The highest BCUT2D eigenvalue weighted by Gasteiger charge is 2.22. The van der Waals surface area contributed by atoms with Crippen LogP contribution in [-0.2, 0) is 10.0 Å². The highest BCUT2D eigenvalue weighted by molar-refractivity contribution is 7.92. The van der Waals surface area contributed by atoms with Crippen molar-refractivity contribution in [1.29, 1.82) is 0 Å². The molecule has 0 aliphatic rings. The third kappa shape index (κ3) is 7.29. The fourth-order valence-electron chi connectivity index (χ4n) is 3.42. The van der Waals surface area contributed by atoms with Gasteiger partial charge in [-0.2, -0.15) is 5.10 Å². The molecule has 0 bridgehead atoms. The zero-order chi connectivity index (χ0) is 26.1. The molecule has 0 saturated carbocycles. The van der Waals surface area contributed by atoms with Gasteiger partial charge >= 0.3 is 0 Å². The second-order valence-corrected chi connectivity index (χ2v) is 10.0. The highest BCUT2D eigenvalue weighted by Crippen LogP contribution is 2.29. The van der Waals surface area contributed by atoms with Crippen molar-refractivity contribution in [2.24, 2.45) is 5.10 Å². The van der Waals surface area contributed by atoms with Crippen LogP contribution in [0.1, 0.15) is 42.9 Å². The fourth-order valence-corrected chi connectivity index (χ4v) is 4.57. The number of ether oxygens (including phenoxy) is 1. The van der Waals surface area contributed by atoms with Crippen molar-refractivity contribution in [3.63, 3.8) is 0 Å². The summed E-state index contributed by atoms with van der Waals surface area (Å²) in [6.07, 6.45) is 4.77. The first-order valence-corrected chi connectivity index (χ1v) is 13.1. The molecule has 0 aliphatic carbocycles. The Labute approximate surface area is 211 Å². The number of nitrogens with zero attached hydrogens (tertiary/aromatic N) is 2. The first-order chi connectivity index (χ1) is 17.2. The summed E-state index contributed by atoms with van der Waals surface area (Å²) >= 11 is 0. The average molecular weight is 511 g/mol. The maximum atomic E-state index is 12.9. The smallest absolute Gasteiger partial charge is 0.295 e. The molecule has 0 unspecified atom stereocenters. The van der Waals surface area contributed by atoms with Gasteiger partial charge in [0.1, 0.15) is 11.4 Å². The van der Waals surface area contributed by atoms with E-state index in [1.165, 1.54) is 18.3 Å². The van der Waals surface area contributed by atoms with Crippen molar-refractivity contribution < 1.29 is 18.1 Å². The van der Waals surface area contributed by atoms with Crippen molar-refractivity contribution in [2.75, 3.05) is 16.8 Å². The molecule has 36 heavy (non-hydrogen) atoms. The lowest BCUT2D eigenvalue weighted by molar-refractivity contribution is -0.384. The van der Waals surface area contributed by atoms with Crippen LogP contribution >= 0.6 is 0 Å². The molecule has 2 N–H and O–H groups in total. The maximum absolute atomic E-state index is 12.9. The predicted molar refractivity (Wildman–Crippen MR) is 142 cm³/mol. The van der Waals surface area contributed by atoms with E-state index in [1.54, 1.807) is 19.1 Å². The number of hydrogen-bond donors (Lipinski definition) is 2. The summed E-state index contributed by atoms with van der Waals surface area (Å²) in [5, 5.41) is 15.7. The van der Waals surface area contributed by atoms with E-state index in [-0.39, 0.29) is 10.6 Å². The Morgan fingerprint density at radius 2 is 1.72 bits per heavy atom. The number of hydrazone groups is 1. The zero-order valence-corrected chi connectivity index (χ0v) is 21.3. The zero-order valence-electron chi connectivity index (χ0n) is 20.5. The van der Waals surface area contributed by atoms with Crippen LogP contribution in [0.3, 0.4) is 0 Å². The van der Waals surface area contributed by atoms with Crippen molar-refractivity contribution in [3.05, 3.63) is 87.5 Å². The summed E-state index contributed by atoms with van der Waals surface area (Å²) in [6.45, 7) is 6.49. The quantitative estimate of drug-likeness (QED) is 0.133. The van der Waals surface area contributed by atoms with Gasteiger partial charge in [-0.05, 0) is 73.9 Å². The maximum Gasteiger partial charge on any atom is 0.295 e. The summed E-state index contributed by atoms with van der Waals surface area (Å²) in [7, 11) is -4.03. The number of sulfonamides is 1. The summed E-state index contributed by atoms with van der Waals surface area (Å²) in [6, 6.07) is 16.2. The van der Waals surface area contributed by atoms with Crippen LogP contribution in [0, 0.1) is 24.0 Å². The van der Waals surface area contributed by atoms with Crippen LogP contribution in [0.2, 0.25) is 0 Å². The van der Waals surface area contributed by atoms with Crippen molar-refractivity contribution in [2.45, 2.75) is 44.9 Å². The molecule has 10 heteroatoms. The van der Waals surface area contributed by atoms with Gasteiger partial charge in [-0.1, -0.05) is 37.5 Å². The molecule has 190 valence electrons. The van der Waals surface area contributed by atoms with E-state index >= 15 is 0 Å². The number of nitro groups is 1. The van der Waals surface area contributed by atoms with Gasteiger partial charge in [0, 0.05) is 6.07 Å². The van der Waals surface area contributed by atoms with Crippen LogP contribution in [0.15, 0.2) is 70.7 Å². The lowest BCUT2D eigenvalue weighted by Gasteiger charge is -2.12. The van der Waals surface area contributed by atoms with Crippen LogP contribution < -0.4 is 14.9 Å². The molecule has 0 aliphatic heterocycles. The topological polar surface area (TPSA) is 123 Å². The van der Waals surface area contributed by atoms with Crippen LogP contribution in [0.4, 0.5) is 17.1 Å². The monoisotopic (exact) mass is 510 g/mol. The average Bonchev–Trinajstić information content (AvgIpc) is 2.84. The fraction of sp³-hybridized carbons (Fsp3) is 0.269.